The molecule has 3 rings (SSSR count). The highest BCUT2D eigenvalue weighted by molar-refractivity contribution is 5.55. The van der Waals surface area contributed by atoms with Gasteiger partial charge in [-0.3, -0.25) is 15.0 Å². The number of hydrogen-bond acceptors (Lipinski definition) is 7. The van der Waals surface area contributed by atoms with E-state index < -0.39 is 4.92 Å². The minimum atomic E-state index is -0.442. The number of rotatable bonds is 7. The highest BCUT2D eigenvalue weighted by atomic mass is 16.6. The van der Waals surface area contributed by atoms with Crippen molar-refractivity contribution in [2.75, 3.05) is 13.2 Å². The van der Waals surface area contributed by atoms with Gasteiger partial charge in [0.2, 0.25) is 11.8 Å². The van der Waals surface area contributed by atoms with E-state index in [4.69, 9.17) is 9.52 Å². The van der Waals surface area contributed by atoms with Gasteiger partial charge in [0.15, 0.2) is 0 Å². The first-order valence-corrected chi connectivity index (χ1v) is 8.09. The Labute approximate surface area is 139 Å². The molecule has 1 atom stereocenters. The van der Waals surface area contributed by atoms with Crippen LogP contribution < -0.4 is 0 Å². The third kappa shape index (κ3) is 3.77. The number of aliphatic hydroxyl groups is 1. The Hall–Kier alpha value is -2.32. The lowest BCUT2D eigenvalue weighted by molar-refractivity contribution is -0.384. The molecule has 1 saturated heterocycles. The molecule has 2 heterocycles. The Kier molecular flexibility index (Phi) is 5.17. The van der Waals surface area contributed by atoms with Gasteiger partial charge in [0.05, 0.1) is 11.5 Å². The summed E-state index contributed by atoms with van der Waals surface area (Å²) in [6.07, 6.45) is 4.04. The first kappa shape index (κ1) is 16.5. The van der Waals surface area contributed by atoms with Crippen LogP contribution in [-0.4, -0.2) is 44.3 Å². The predicted octanol–water partition coefficient (Wildman–Crippen LogP) is 2.38. The van der Waals surface area contributed by atoms with Gasteiger partial charge >= 0.3 is 0 Å². The molecule has 8 heteroatoms. The fourth-order valence-electron chi connectivity index (χ4n) is 3.09. The molecule has 0 bridgehead atoms. The number of benzene rings is 1. The van der Waals surface area contributed by atoms with E-state index in [1.54, 1.807) is 12.1 Å². The number of likely N-dealkylation sites (tertiary alicyclic amines) is 1. The van der Waals surface area contributed by atoms with E-state index in [9.17, 15) is 10.1 Å². The molecule has 1 N–H and O–H groups in total. The van der Waals surface area contributed by atoms with Gasteiger partial charge in [-0.05, 0) is 44.4 Å². The molecular formula is C16H20N4O4. The number of aromatic nitrogens is 2. The largest absolute Gasteiger partial charge is 0.419 e. The lowest BCUT2D eigenvalue weighted by Gasteiger charge is -2.22. The highest BCUT2D eigenvalue weighted by Crippen LogP contribution is 2.25. The van der Waals surface area contributed by atoms with Gasteiger partial charge < -0.3 is 9.52 Å². The summed E-state index contributed by atoms with van der Waals surface area (Å²) in [7, 11) is 0. The van der Waals surface area contributed by atoms with E-state index in [0.29, 0.717) is 29.9 Å². The maximum atomic E-state index is 10.7. The first-order valence-electron chi connectivity index (χ1n) is 8.09. The van der Waals surface area contributed by atoms with Crippen molar-refractivity contribution in [2.24, 2.45) is 0 Å². The molecule has 1 fully saturated rings. The Balaban J connectivity index is 1.66. The van der Waals surface area contributed by atoms with Crippen molar-refractivity contribution in [3.05, 3.63) is 40.3 Å². The van der Waals surface area contributed by atoms with Crippen LogP contribution in [0.4, 0.5) is 5.69 Å². The van der Waals surface area contributed by atoms with Crippen LogP contribution in [-0.2, 0) is 6.54 Å². The van der Waals surface area contributed by atoms with Crippen molar-refractivity contribution < 1.29 is 14.4 Å². The van der Waals surface area contributed by atoms with E-state index in [1.165, 1.54) is 12.1 Å². The maximum absolute atomic E-state index is 10.7. The van der Waals surface area contributed by atoms with Crippen LogP contribution in [0.15, 0.2) is 28.7 Å². The second-order valence-corrected chi connectivity index (χ2v) is 5.94. The van der Waals surface area contributed by atoms with E-state index in [2.05, 4.69) is 15.1 Å². The molecule has 1 aromatic heterocycles. The van der Waals surface area contributed by atoms with E-state index in [0.717, 1.165) is 32.2 Å². The number of hydrogen-bond donors (Lipinski definition) is 1. The van der Waals surface area contributed by atoms with E-state index in [1.807, 2.05) is 0 Å². The smallest absolute Gasteiger partial charge is 0.269 e. The number of nitro benzene ring substituents is 1. The third-order valence-corrected chi connectivity index (χ3v) is 4.32. The SMILES string of the molecule is O=[N+]([O-])c1ccc(-c2nnc(CN3CCCC3CCCO)o2)cc1. The zero-order valence-electron chi connectivity index (χ0n) is 13.3. The van der Waals surface area contributed by atoms with Crippen molar-refractivity contribution >= 4 is 5.69 Å². The van der Waals surface area contributed by atoms with Crippen molar-refractivity contribution in [3.8, 4) is 11.5 Å². The summed E-state index contributed by atoms with van der Waals surface area (Å²) in [5, 5.41) is 27.8. The second-order valence-electron chi connectivity index (χ2n) is 5.94. The first-order chi connectivity index (χ1) is 11.7. The molecule has 24 heavy (non-hydrogen) atoms. The van der Waals surface area contributed by atoms with Crippen LogP contribution in [0.3, 0.4) is 0 Å². The maximum Gasteiger partial charge on any atom is 0.269 e. The van der Waals surface area contributed by atoms with Crippen LogP contribution in [0.2, 0.25) is 0 Å². The summed E-state index contributed by atoms with van der Waals surface area (Å²) in [6, 6.07) is 6.51. The minimum absolute atomic E-state index is 0.0299. The molecule has 0 radical (unpaired) electrons. The molecule has 128 valence electrons. The molecular weight excluding hydrogens is 312 g/mol. The predicted molar refractivity (Wildman–Crippen MR) is 86.1 cm³/mol. The molecule has 0 aliphatic carbocycles. The molecule has 1 aliphatic rings. The lowest BCUT2D eigenvalue weighted by Crippen LogP contribution is -2.29. The number of aliphatic hydroxyl groups excluding tert-OH is 1. The fraction of sp³-hybridized carbons (Fsp3) is 0.500. The summed E-state index contributed by atoms with van der Waals surface area (Å²) in [5.41, 5.74) is 0.694. The van der Waals surface area contributed by atoms with Crippen LogP contribution in [0, 0.1) is 10.1 Å². The topological polar surface area (TPSA) is 106 Å². The average molecular weight is 332 g/mol. The fourth-order valence-corrected chi connectivity index (χ4v) is 3.09. The average Bonchev–Trinajstić information content (AvgIpc) is 3.23. The zero-order valence-corrected chi connectivity index (χ0v) is 13.3. The normalized spacial score (nSPS) is 18.1. The Bertz CT molecular complexity index is 686. The number of nitrogens with zero attached hydrogens (tertiary/aromatic N) is 4. The summed E-state index contributed by atoms with van der Waals surface area (Å²) in [6.45, 7) is 1.80. The molecule has 1 aromatic carbocycles. The summed E-state index contributed by atoms with van der Waals surface area (Å²) in [4.78, 5) is 12.6. The summed E-state index contributed by atoms with van der Waals surface area (Å²) < 4.78 is 5.70. The molecule has 2 aromatic rings. The monoisotopic (exact) mass is 332 g/mol. The van der Waals surface area contributed by atoms with Gasteiger partial charge in [0.25, 0.3) is 5.69 Å². The van der Waals surface area contributed by atoms with Gasteiger partial charge in [-0.2, -0.15) is 0 Å². The zero-order chi connectivity index (χ0) is 16.9. The molecule has 0 spiro atoms. The van der Waals surface area contributed by atoms with E-state index >= 15 is 0 Å². The molecule has 8 nitrogen and oxygen atoms in total. The van der Waals surface area contributed by atoms with Crippen molar-refractivity contribution in [1.29, 1.82) is 0 Å². The van der Waals surface area contributed by atoms with Crippen LogP contribution in [0.5, 0.6) is 0 Å². The van der Waals surface area contributed by atoms with Gasteiger partial charge in [-0.1, -0.05) is 0 Å². The number of non-ortho nitro benzene ring substituents is 1. The lowest BCUT2D eigenvalue weighted by atomic mass is 10.1. The van der Waals surface area contributed by atoms with Gasteiger partial charge in [-0.15, -0.1) is 10.2 Å². The van der Waals surface area contributed by atoms with Gasteiger partial charge in [0, 0.05) is 30.3 Å². The Morgan fingerprint density at radius 1 is 1.33 bits per heavy atom. The minimum Gasteiger partial charge on any atom is -0.419 e. The van der Waals surface area contributed by atoms with E-state index in [-0.39, 0.29) is 12.3 Å². The Morgan fingerprint density at radius 3 is 2.83 bits per heavy atom. The van der Waals surface area contributed by atoms with Crippen molar-refractivity contribution in [3.63, 3.8) is 0 Å². The molecule has 1 unspecified atom stereocenters. The highest BCUT2D eigenvalue weighted by Gasteiger charge is 2.25. The van der Waals surface area contributed by atoms with Crippen LogP contribution in [0.25, 0.3) is 11.5 Å². The van der Waals surface area contributed by atoms with Gasteiger partial charge in [0.1, 0.15) is 0 Å². The third-order valence-electron chi connectivity index (χ3n) is 4.32. The van der Waals surface area contributed by atoms with Crippen LogP contribution >= 0.6 is 0 Å². The second kappa shape index (κ2) is 7.50. The van der Waals surface area contributed by atoms with Crippen molar-refractivity contribution in [1.82, 2.24) is 15.1 Å². The van der Waals surface area contributed by atoms with Crippen molar-refractivity contribution in [2.45, 2.75) is 38.3 Å². The quantitative estimate of drug-likeness (QED) is 0.613. The Morgan fingerprint density at radius 2 is 2.12 bits per heavy atom. The molecule has 0 saturated carbocycles. The number of nitro groups is 1. The molecule has 0 amide bonds. The van der Waals surface area contributed by atoms with Gasteiger partial charge in [-0.25, -0.2) is 0 Å². The summed E-state index contributed by atoms with van der Waals surface area (Å²) in [5.74, 6) is 0.908. The molecule has 1 aliphatic heterocycles. The summed E-state index contributed by atoms with van der Waals surface area (Å²) >= 11 is 0. The standard InChI is InChI=1S/C16H20N4O4/c21-10-2-4-13-3-1-9-19(13)11-15-17-18-16(24-15)12-5-7-14(8-6-12)20(22)23/h5-8,13,21H,1-4,9-11H2. The van der Waals surface area contributed by atoms with Crippen LogP contribution in [0.1, 0.15) is 31.6 Å².